The fourth-order valence-corrected chi connectivity index (χ4v) is 1.86. The van der Waals surface area contributed by atoms with E-state index in [9.17, 15) is 0 Å². The van der Waals surface area contributed by atoms with E-state index in [1.165, 1.54) is 0 Å². The fraction of sp³-hybridized carbons (Fsp3) is 0.364. The topological polar surface area (TPSA) is 33.0 Å². The first kappa shape index (κ1) is 11.1. The third-order valence-electron chi connectivity index (χ3n) is 2.14. The highest BCUT2D eigenvalue weighted by Gasteiger charge is 2.09. The van der Waals surface area contributed by atoms with Crippen LogP contribution in [-0.4, -0.2) is 7.11 Å². The molecule has 2 nitrogen and oxygen atoms in total. The normalized spacial score (nSPS) is 11.9. The van der Waals surface area contributed by atoms with Gasteiger partial charge in [0.25, 0.3) is 0 Å². The SMILES string of the molecule is CCC(C#N)c1ccc(OC)c(Br)c1. The second-order valence-electron chi connectivity index (χ2n) is 2.98. The number of ether oxygens (including phenoxy) is 1. The van der Waals surface area contributed by atoms with Gasteiger partial charge in [-0.15, -0.1) is 0 Å². The lowest BCUT2D eigenvalue weighted by Gasteiger charge is -2.09. The molecule has 0 heterocycles. The first-order valence-electron chi connectivity index (χ1n) is 4.46. The van der Waals surface area contributed by atoms with Gasteiger partial charge in [0, 0.05) is 0 Å². The van der Waals surface area contributed by atoms with Gasteiger partial charge in [-0.1, -0.05) is 13.0 Å². The molecule has 0 saturated carbocycles. The van der Waals surface area contributed by atoms with Crippen LogP contribution in [0.4, 0.5) is 0 Å². The molecular weight excluding hydrogens is 242 g/mol. The van der Waals surface area contributed by atoms with Gasteiger partial charge in [-0.2, -0.15) is 5.26 Å². The third kappa shape index (κ3) is 2.27. The molecule has 0 fully saturated rings. The maximum atomic E-state index is 8.90. The molecule has 14 heavy (non-hydrogen) atoms. The molecule has 74 valence electrons. The summed E-state index contributed by atoms with van der Waals surface area (Å²) in [5.74, 6) is 0.763. The monoisotopic (exact) mass is 253 g/mol. The summed E-state index contributed by atoms with van der Waals surface area (Å²) < 4.78 is 6.01. The van der Waals surface area contributed by atoms with Gasteiger partial charge in [0.1, 0.15) is 5.75 Å². The number of halogens is 1. The molecule has 0 aliphatic heterocycles. The lowest BCUT2D eigenvalue weighted by molar-refractivity contribution is 0.412. The van der Waals surface area contributed by atoms with E-state index in [1.807, 2.05) is 25.1 Å². The summed E-state index contributed by atoms with van der Waals surface area (Å²) in [6, 6.07) is 8.02. The average molecular weight is 254 g/mol. The number of methoxy groups -OCH3 is 1. The average Bonchev–Trinajstić information content (AvgIpc) is 2.20. The van der Waals surface area contributed by atoms with Crippen LogP contribution in [0.2, 0.25) is 0 Å². The van der Waals surface area contributed by atoms with Crippen LogP contribution in [-0.2, 0) is 0 Å². The minimum atomic E-state index is -0.0304. The molecule has 1 atom stereocenters. The maximum Gasteiger partial charge on any atom is 0.133 e. The van der Waals surface area contributed by atoms with Crippen LogP contribution in [0.25, 0.3) is 0 Å². The Hall–Kier alpha value is -1.01. The third-order valence-corrected chi connectivity index (χ3v) is 2.76. The zero-order valence-electron chi connectivity index (χ0n) is 8.25. The zero-order valence-corrected chi connectivity index (χ0v) is 9.84. The Balaban J connectivity index is 3.03. The zero-order chi connectivity index (χ0) is 10.6. The summed E-state index contributed by atoms with van der Waals surface area (Å²) in [6.07, 6.45) is 0.829. The molecule has 0 spiro atoms. The Morgan fingerprint density at radius 1 is 1.57 bits per heavy atom. The summed E-state index contributed by atoms with van der Waals surface area (Å²) in [5, 5.41) is 8.90. The number of nitriles is 1. The van der Waals surface area contributed by atoms with E-state index < -0.39 is 0 Å². The summed E-state index contributed by atoms with van der Waals surface area (Å²) in [5.41, 5.74) is 1.03. The maximum absolute atomic E-state index is 8.90. The number of hydrogen-bond donors (Lipinski definition) is 0. The predicted octanol–water partition coefficient (Wildman–Crippen LogP) is 3.47. The van der Waals surface area contributed by atoms with Crippen molar-refractivity contribution < 1.29 is 4.74 Å². The van der Waals surface area contributed by atoms with Gasteiger partial charge in [-0.25, -0.2) is 0 Å². The second kappa shape index (κ2) is 5.02. The second-order valence-corrected chi connectivity index (χ2v) is 3.84. The Kier molecular flexibility index (Phi) is 3.97. The van der Waals surface area contributed by atoms with E-state index in [0.29, 0.717) is 0 Å². The van der Waals surface area contributed by atoms with Crippen LogP contribution in [0.5, 0.6) is 5.75 Å². The molecular formula is C11H12BrNO. The molecule has 0 saturated heterocycles. The van der Waals surface area contributed by atoms with Gasteiger partial charge in [-0.3, -0.25) is 0 Å². The van der Waals surface area contributed by atoms with Crippen molar-refractivity contribution in [3.8, 4) is 11.8 Å². The van der Waals surface area contributed by atoms with Crippen molar-refractivity contribution in [2.75, 3.05) is 7.11 Å². The van der Waals surface area contributed by atoms with Crippen LogP contribution in [0.1, 0.15) is 24.8 Å². The van der Waals surface area contributed by atoms with Crippen LogP contribution in [0, 0.1) is 11.3 Å². The van der Waals surface area contributed by atoms with Crippen LogP contribution in [0.15, 0.2) is 22.7 Å². The summed E-state index contributed by atoms with van der Waals surface area (Å²) >= 11 is 3.40. The highest BCUT2D eigenvalue weighted by Crippen LogP contribution is 2.29. The smallest absolute Gasteiger partial charge is 0.133 e. The van der Waals surface area contributed by atoms with Crippen molar-refractivity contribution in [2.45, 2.75) is 19.3 Å². The van der Waals surface area contributed by atoms with Crippen LogP contribution >= 0.6 is 15.9 Å². The quantitative estimate of drug-likeness (QED) is 0.827. The molecule has 1 aromatic rings. The molecule has 0 amide bonds. The summed E-state index contributed by atoms with van der Waals surface area (Å²) in [7, 11) is 1.63. The number of rotatable bonds is 3. The van der Waals surface area contributed by atoms with Gasteiger partial charge in [0.05, 0.1) is 23.6 Å². The largest absolute Gasteiger partial charge is 0.496 e. The number of benzene rings is 1. The molecule has 0 aromatic heterocycles. The summed E-state index contributed by atoms with van der Waals surface area (Å²) in [4.78, 5) is 0. The molecule has 3 heteroatoms. The summed E-state index contributed by atoms with van der Waals surface area (Å²) in [6.45, 7) is 2.01. The standard InChI is InChI=1S/C11H12BrNO/c1-3-8(7-13)9-4-5-11(14-2)10(12)6-9/h4-6,8H,3H2,1-2H3. The number of nitrogens with zero attached hydrogens (tertiary/aromatic N) is 1. The van der Waals surface area contributed by atoms with Crippen LogP contribution in [0.3, 0.4) is 0 Å². The van der Waals surface area contributed by atoms with Crippen molar-refractivity contribution in [1.29, 1.82) is 5.26 Å². The van der Waals surface area contributed by atoms with Crippen molar-refractivity contribution in [1.82, 2.24) is 0 Å². The van der Waals surface area contributed by atoms with E-state index in [-0.39, 0.29) is 5.92 Å². The fourth-order valence-electron chi connectivity index (χ4n) is 1.30. The highest BCUT2D eigenvalue weighted by atomic mass is 79.9. The minimum Gasteiger partial charge on any atom is -0.496 e. The van der Waals surface area contributed by atoms with E-state index in [2.05, 4.69) is 22.0 Å². The van der Waals surface area contributed by atoms with Crippen molar-refractivity contribution in [3.05, 3.63) is 28.2 Å². The van der Waals surface area contributed by atoms with Gasteiger partial charge in [0.15, 0.2) is 0 Å². The van der Waals surface area contributed by atoms with Gasteiger partial charge in [0.2, 0.25) is 0 Å². The lowest BCUT2D eigenvalue weighted by Crippen LogP contribution is -1.94. The van der Waals surface area contributed by atoms with Crippen LogP contribution < -0.4 is 4.74 Å². The van der Waals surface area contributed by atoms with E-state index >= 15 is 0 Å². The molecule has 0 aliphatic carbocycles. The molecule has 0 aliphatic rings. The Morgan fingerprint density at radius 3 is 2.71 bits per heavy atom. The Morgan fingerprint density at radius 2 is 2.29 bits per heavy atom. The predicted molar refractivity (Wildman–Crippen MR) is 59.3 cm³/mol. The molecule has 0 bridgehead atoms. The Bertz CT molecular complexity index is 357. The first-order valence-corrected chi connectivity index (χ1v) is 5.25. The Labute approximate surface area is 92.6 Å². The highest BCUT2D eigenvalue weighted by molar-refractivity contribution is 9.10. The van der Waals surface area contributed by atoms with Gasteiger partial charge >= 0.3 is 0 Å². The van der Waals surface area contributed by atoms with Crippen molar-refractivity contribution >= 4 is 15.9 Å². The molecule has 1 unspecified atom stereocenters. The molecule has 1 aromatic carbocycles. The lowest BCUT2D eigenvalue weighted by atomic mass is 9.98. The van der Waals surface area contributed by atoms with Crippen molar-refractivity contribution in [2.24, 2.45) is 0 Å². The molecule has 0 radical (unpaired) electrons. The molecule has 1 rings (SSSR count). The van der Waals surface area contributed by atoms with Gasteiger partial charge in [-0.05, 0) is 40.0 Å². The van der Waals surface area contributed by atoms with E-state index in [4.69, 9.17) is 10.00 Å². The molecule has 0 N–H and O–H groups in total. The van der Waals surface area contributed by atoms with E-state index in [1.54, 1.807) is 7.11 Å². The van der Waals surface area contributed by atoms with E-state index in [0.717, 1.165) is 22.2 Å². The number of hydrogen-bond acceptors (Lipinski definition) is 2. The van der Waals surface area contributed by atoms with Gasteiger partial charge < -0.3 is 4.74 Å². The minimum absolute atomic E-state index is 0.0304. The van der Waals surface area contributed by atoms with Crippen molar-refractivity contribution in [3.63, 3.8) is 0 Å². The first-order chi connectivity index (χ1) is 6.72.